The van der Waals surface area contributed by atoms with Crippen LogP contribution in [0.15, 0.2) is 29.6 Å². The van der Waals surface area contributed by atoms with E-state index in [1.54, 1.807) is 17.0 Å². The summed E-state index contributed by atoms with van der Waals surface area (Å²) in [7, 11) is 0. The molecule has 0 spiro atoms. The van der Waals surface area contributed by atoms with Gasteiger partial charge in [-0.3, -0.25) is 9.59 Å². The van der Waals surface area contributed by atoms with Gasteiger partial charge in [0.2, 0.25) is 11.8 Å². The number of hydrogen-bond donors (Lipinski definition) is 1. The molecule has 2 amide bonds. The Morgan fingerprint density at radius 2 is 1.92 bits per heavy atom. The Balaban J connectivity index is 1.51. The Bertz CT molecular complexity index is 752. The molecule has 2 N–H and O–H groups in total. The summed E-state index contributed by atoms with van der Waals surface area (Å²) in [6.45, 7) is 1.18. The van der Waals surface area contributed by atoms with Crippen molar-refractivity contribution in [2.75, 3.05) is 13.1 Å². The first-order valence-corrected chi connectivity index (χ1v) is 9.18. The second kappa shape index (κ2) is 7.74. The smallest absolute Gasteiger partial charge is 0.222 e. The van der Waals surface area contributed by atoms with Crippen molar-refractivity contribution in [1.29, 1.82) is 0 Å². The number of nitrogens with zero attached hydrogens (tertiary/aromatic N) is 2. The Labute approximate surface area is 149 Å². The number of rotatable bonds is 5. The lowest BCUT2D eigenvalue weighted by atomic mass is 9.96. The summed E-state index contributed by atoms with van der Waals surface area (Å²) in [5.41, 5.74) is 6.98. The fourth-order valence-electron chi connectivity index (χ4n) is 2.96. The predicted octanol–water partition coefficient (Wildman–Crippen LogP) is 2.61. The van der Waals surface area contributed by atoms with E-state index < -0.39 is 0 Å². The van der Waals surface area contributed by atoms with E-state index in [0.29, 0.717) is 38.8 Å². The van der Waals surface area contributed by atoms with Crippen molar-refractivity contribution >= 4 is 23.2 Å². The lowest BCUT2D eigenvalue weighted by Gasteiger charge is -2.30. The topological polar surface area (TPSA) is 76.3 Å². The molecule has 3 rings (SSSR count). The number of nitrogens with two attached hydrogens (primary N) is 1. The van der Waals surface area contributed by atoms with Crippen LogP contribution in [0.3, 0.4) is 0 Å². The number of aromatic nitrogens is 1. The van der Waals surface area contributed by atoms with Gasteiger partial charge < -0.3 is 10.6 Å². The normalized spacial score (nSPS) is 15.3. The summed E-state index contributed by atoms with van der Waals surface area (Å²) in [6, 6.07) is 6.21. The van der Waals surface area contributed by atoms with Gasteiger partial charge in [-0.25, -0.2) is 9.37 Å². The van der Waals surface area contributed by atoms with E-state index in [1.807, 2.05) is 5.38 Å². The number of aryl methyl sites for hydroxylation is 1. The average Bonchev–Trinajstić information content (AvgIpc) is 3.09. The van der Waals surface area contributed by atoms with Crippen molar-refractivity contribution in [3.05, 3.63) is 40.5 Å². The summed E-state index contributed by atoms with van der Waals surface area (Å²) in [5.74, 6) is -0.573. The molecule has 132 valence electrons. The first kappa shape index (κ1) is 17.5. The third kappa shape index (κ3) is 4.42. The van der Waals surface area contributed by atoms with Crippen molar-refractivity contribution in [2.45, 2.75) is 25.7 Å². The lowest BCUT2D eigenvalue weighted by molar-refractivity contribution is -0.134. The van der Waals surface area contributed by atoms with Gasteiger partial charge in [-0.1, -0.05) is 0 Å². The fourth-order valence-corrected chi connectivity index (χ4v) is 3.77. The van der Waals surface area contributed by atoms with Crippen LogP contribution in [-0.4, -0.2) is 34.8 Å². The van der Waals surface area contributed by atoms with Gasteiger partial charge in [-0.2, -0.15) is 0 Å². The molecule has 0 unspecified atom stereocenters. The molecule has 0 bridgehead atoms. The second-order valence-electron chi connectivity index (χ2n) is 6.19. The Kier molecular flexibility index (Phi) is 5.43. The van der Waals surface area contributed by atoms with Crippen molar-refractivity contribution < 1.29 is 14.0 Å². The van der Waals surface area contributed by atoms with Crippen molar-refractivity contribution in [1.82, 2.24) is 9.88 Å². The minimum absolute atomic E-state index is 0.0847. The molecular formula is C18H20FN3O2S. The Hall–Kier alpha value is -2.28. The molecule has 5 nitrogen and oxygen atoms in total. The third-order valence-electron chi connectivity index (χ3n) is 4.49. The van der Waals surface area contributed by atoms with E-state index in [2.05, 4.69) is 4.98 Å². The number of likely N-dealkylation sites (tertiary alicyclic amines) is 1. The molecule has 1 aromatic heterocycles. The van der Waals surface area contributed by atoms with E-state index in [1.165, 1.54) is 23.5 Å². The second-order valence-corrected chi connectivity index (χ2v) is 7.13. The number of carbonyl (C=O) groups is 2. The summed E-state index contributed by atoms with van der Waals surface area (Å²) >= 11 is 1.50. The molecule has 2 heterocycles. The van der Waals surface area contributed by atoms with E-state index >= 15 is 0 Å². The van der Waals surface area contributed by atoms with E-state index in [0.717, 1.165) is 16.3 Å². The number of piperidine rings is 1. The molecule has 1 fully saturated rings. The zero-order valence-electron chi connectivity index (χ0n) is 13.8. The highest BCUT2D eigenvalue weighted by atomic mass is 32.1. The molecule has 0 atom stereocenters. The number of carbonyl (C=O) groups excluding carboxylic acids is 2. The maximum Gasteiger partial charge on any atom is 0.222 e. The van der Waals surface area contributed by atoms with Crippen LogP contribution >= 0.6 is 11.3 Å². The molecule has 0 radical (unpaired) electrons. The first-order valence-electron chi connectivity index (χ1n) is 8.30. The fraction of sp³-hybridized carbons (Fsp3) is 0.389. The van der Waals surface area contributed by atoms with Crippen LogP contribution in [0.25, 0.3) is 11.3 Å². The molecule has 7 heteroatoms. The van der Waals surface area contributed by atoms with Gasteiger partial charge in [0.1, 0.15) is 5.82 Å². The number of halogens is 1. The van der Waals surface area contributed by atoms with Gasteiger partial charge in [0, 0.05) is 42.8 Å². The van der Waals surface area contributed by atoms with Crippen molar-refractivity contribution in [2.24, 2.45) is 11.7 Å². The van der Waals surface area contributed by atoms with E-state index in [4.69, 9.17) is 5.73 Å². The summed E-state index contributed by atoms with van der Waals surface area (Å²) in [6.07, 6.45) is 2.28. The maximum atomic E-state index is 13.0. The third-order valence-corrected chi connectivity index (χ3v) is 5.40. The number of primary amides is 1. The number of hydrogen-bond acceptors (Lipinski definition) is 4. The zero-order valence-corrected chi connectivity index (χ0v) is 14.6. The number of benzene rings is 1. The molecule has 25 heavy (non-hydrogen) atoms. The van der Waals surface area contributed by atoms with Crippen LogP contribution in [0.1, 0.15) is 24.3 Å². The monoisotopic (exact) mass is 361 g/mol. The summed E-state index contributed by atoms with van der Waals surface area (Å²) in [5, 5.41) is 2.81. The van der Waals surface area contributed by atoms with Crippen LogP contribution in [0.2, 0.25) is 0 Å². The van der Waals surface area contributed by atoms with Crippen LogP contribution in [0.5, 0.6) is 0 Å². The first-order chi connectivity index (χ1) is 12.0. The van der Waals surface area contributed by atoms with Gasteiger partial charge in [0.05, 0.1) is 10.7 Å². The number of thiazole rings is 1. The summed E-state index contributed by atoms with van der Waals surface area (Å²) < 4.78 is 13.0. The van der Waals surface area contributed by atoms with Crippen molar-refractivity contribution in [3.63, 3.8) is 0 Å². The SMILES string of the molecule is NC(=O)C1CCN(C(=O)CCc2nc(-c3ccc(F)cc3)cs2)CC1. The lowest BCUT2D eigenvalue weighted by Crippen LogP contribution is -2.41. The predicted molar refractivity (Wildman–Crippen MR) is 94.3 cm³/mol. The van der Waals surface area contributed by atoms with Gasteiger partial charge in [-0.15, -0.1) is 11.3 Å². The van der Waals surface area contributed by atoms with Crippen molar-refractivity contribution in [3.8, 4) is 11.3 Å². The molecule has 1 aliphatic heterocycles. The van der Waals surface area contributed by atoms with Gasteiger partial charge in [-0.05, 0) is 37.1 Å². The molecular weight excluding hydrogens is 341 g/mol. The largest absolute Gasteiger partial charge is 0.369 e. The Morgan fingerprint density at radius 3 is 2.56 bits per heavy atom. The molecule has 0 saturated carbocycles. The van der Waals surface area contributed by atoms with Gasteiger partial charge in [0.15, 0.2) is 0 Å². The molecule has 2 aromatic rings. The highest BCUT2D eigenvalue weighted by Crippen LogP contribution is 2.23. The van der Waals surface area contributed by atoms with Crippen LogP contribution in [-0.2, 0) is 16.0 Å². The van der Waals surface area contributed by atoms with E-state index in [-0.39, 0.29) is 23.5 Å². The maximum absolute atomic E-state index is 13.0. The van der Waals surface area contributed by atoms with Gasteiger partial charge >= 0.3 is 0 Å². The molecule has 0 aliphatic carbocycles. The summed E-state index contributed by atoms with van der Waals surface area (Å²) in [4.78, 5) is 29.8. The highest BCUT2D eigenvalue weighted by molar-refractivity contribution is 7.09. The molecule has 1 aliphatic rings. The molecule has 1 saturated heterocycles. The van der Waals surface area contributed by atoms with E-state index in [9.17, 15) is 14.0 Å². The van der Waals surface area contributed by atoms with Gasteiger partial charge in [0.25, 0.3) is 0 Å². The minimum atomic E-state index is -0.275. The zero-order chi connectivity index (χ0) is 17.8. The minimum Gasteiger partial charge on any atom is -0.369 e. The standard InChI is InChI=1S/C18H20FN3O2S/c19-14-3-1-12(2-4-14)15-11-25-16(21-15)5-6-17(23)22-9-7-13(8-10-22)18(20)24/h1-4,11,13H,5-10H2,(H2,20,24). The van der Waals surface area contributed by atoms with Crippen LogP contribution < -0.4 is 5.73 Å². The van der Waals surface area contributed by atoms with Crippen LogP contribution in [0.4, 0.5) is 4.39 Å². The number of amides is 2. The van der Waals surface area contributed by atoms with Crippen LogP contribution in [0, 0.1) is 11.7 Å². The molecule has 1 aromatic carbocycles. The highest BCUT2D eigenvalue weighted by Gasteiger charge is 2.25. The quantitative estimate of drug-likeness (QED) is 0.889. The average molecular weight is 361 g/mol. The Morgan fingerprint density at radius 1 is 1.24 bits per heavy atom.